The Morgan fingerprint density at radius 1 is 1.29 bits per heavy atom. The second-order valence-electron chi connectivity index (χ2n) is 8.30. The van der Waals surface area contributed by atoms with Crippen molar-refractivity contribution in [2.45, 2.75) is 32.0 Å². The maximum absolute atomic E-state index is 13.6. The monoisotopic (exact) mass is 463 g/mol. The lowest BCUT2D eigenvalue weighted by Gasteiger charge is -2.13. The SMILES string of the molecule is CNc1cc(Nc2cccn(-c3ccnc(C)n3)c2=O)nc2c(C(=O)N[C@@]3(C)C[C@@H]3F)cnn12. The quantitative estimate of drug-likeness (QED) is 0.396. The highest BCUT2D eigenvalue weighted by Crippen LogP contribution is 2.38. The maximum Gasteiger partial charge on any atom is 0.279 e. The first kappa shape index (κ1) is 21.5. The van der Waals surface area contributed by atoms with Crippen LogP contribution in [-0.2, 0) is 0 Å². The Labute approximate surface area is 193 Å². The van der Waals surface area contributed by atoms with Crippen LogP contribution >= 0.6 is 0 Å². The third-order valence-electron chi connectivity index (χ3n) is 5.72. The van der Waals surface area contributed by atoms with E-state index in [0.29, 0.717) is 23.3 Å². The van der Waals surface area contributed by atoms with Gasteiger partial charge in [-0.25, -0.2) is 19.3 Å². The minimum Gasteiger partial charge on any atom is -0.373 e. The van der Waals surface area contributed by atoms with E-state index in [2.05, 4.69) is 36.0 Å². The summed E-state index contributed by atoms with van der Waals surface area (Å²) in [6, 6.07) is 6.63. The van der Waals surface area contributed by atoms with Crippen molar-refractivity contribution in [3.8, 4) is 5.82 Å². The Kier molecular flexibility index (Phi) is 5.00. The van der Waals surface area contributed by atoms with Crippen LogP contribution in [0.4, 0.5) is 21.7 Å². The molecule has 34 heavy (non-hydrogen) atoms. The first-order valence-electron chi connectivity index (χ1n) is 10.6. The van der Waals surface area contributed by atoms with Gasteiger partial charge in [0.1, 0.15) is 40.7 Å². The molecular weight excluding hydrogens is 441 g/mol. The van der Waals surface area contributed by atoms with Gasteiger partial charge >= 0.3 is 0 Å². The summed E-state index contributed by atoms with van der Waals surface area (Å²) in [5.74, 6) is 1.37. The van der Waals surface area contributed by atoms with Gasteiger partial charge in [0.2, 0.25) is 0 Å². The molecule has 1 saturated carbocycles. The minimum absolute atomic E-state index is 0.197. The van der Waals surface area contributed by atoms with Gasteiger partial charge in [0, 0.05) is 31.9 Å². The van der Waals surface area contributed by atoms with Gasteiger partial charge in [0.25, 0.3) is 11.5 Å². The molecule has 1 amide bonds. The highest BCUT2D eigenvalue weighted by molar-refractivity contribution is 6.00. The molecule has 0 unspecified atom stereocenters. The third-order valence-corrected chi connectivity index (χ3v) is 5.72. The van der Waals surface area contributed by atoms with Gasteiger partial charge in [-0.3, -0.25) is 14.2 Å². The molecule has 2 atom stereocenters. The van der Waals surface area contributed by atoms with E-state index in [1.807, 2.05) is 0 Å². The van der Waals surface area contributed by atoms with Crippen molar-refractivity contribution >= 4 is 28.9 Å². The number of anilines is 3. The fraction of sp³-hybridized carbons (Fsp3) is 0.273. The number of nitrogens with one attached hydrogen (secondary N) is 3. The molecule has 0 saturated heterocycles. The van der Waals surface area contributed by atoms with Crippen LogP contribution in [0.5, 0.6) is 0 Å². The van der Waals surface area contributed by atoms with Crippen LogP contribution in [0.1, 0.15) is 29.5 Å². The summed E-state index contributed by atoms with van der Waals surface area (Å²) in [5.41, 5.74) is -0.498. The summed E-state index contributed by atoms with van der Waals surface area (Å²) >= 11 is 0. The number of carbonyl (C=O) groups excluding carboxylic acids is 1. The second-order valence-corrected chi connectivity index (χ2v) is 8.30. The number of amides is 1. The normalized spacial score (nSPS) is 19.1. The molecule has 0 aromatic carbocycles. The summed E-state index contributed by atoms with van der Waals surface area (Å²) < 4.78 is 16.5. The van der Waals surface area contributed by atoms with Crippen molar-refractivity contribution in [1.29, 1.82) is 0 Å². The molecule has 0 radical (unpaired) electrons. The lowest BCUT2D eigenvalue weighted by molar-refractivity contribution is 0.0930. The number of rotatable bonds is 6. The first-order valence-corrected chi connectivity index (χ1v) is 10.6. The number of pyridine rings is 1. The highest BCUT2D eigenvalue weighted by Gasteiger charge is 2.52. The zero-order chi connectivity index (χ0) is 24.0. The van der Waals surface area contributed by atoms with E-state index in [1.165, 1.54) is 15.3 Å². The van der Waals surface area contributed by atoms with Crippen molar-refractivity contribution in [3.05, 3.63) is 64.6 Å². The van der Waals surface area contributed by atoms with Crippen LogP contribution in [0.3, 0.4) is 0 Å². The van der Waals surface area contributed by atoms with Crippen LogP contribution in [0.25, 0.3) is 11.5 Å². The van der Waals surface area contributed by atoms with E-state index >= 15 is 0 Å². The van der Waals surface area contributed by atoms with Crippen molar-refractivity contribution in [2.24, 2.45) is 0 Å². The van der Waals surface area contributed by atoms with Crippen LogP contribution in [0, 0.1) is 6.92 Å². The molecule has 1 aliphatic rings. The number of carbonyl (C=O) groups is 1. The van der Waals surface area contributed by atoms with E-state index in [1.54, 1.807) is 57.6 Å². The van der Waals surface area contributed by atoms with Gasteiger partial charge in [0.05, 0.1) is 11.7 Å². The molecule has 1 aliphatic carbocycles. The summed E-state index contributed by atoms with van der Waals surface area (Å²) in [7, 11) is 1.70. The molecule has 12 heteroatoms. The van der Waals surface area contributed by atoms with Crippen molar-refractivity contribution < 1.29 is 9.18 Å². The zero-order valence-corrected chi connectivity index (χ0v) is 18.7. The predicted octanol–water partition coefficient (Wildman–Crippen LogP) is 1.99. The van der Waals surface area contributed by atoms with Gasteiger partial charge in [-0.1, -0.05) is 0 Å². The summed E-state index contributed by atoms with van der Waals surface area (Å²) in [6.07, 6.45) is 3.77. The second kappa shape index (κ2) is 7.90. The molecule has 4 aromatic rings. The number of hydrogen-bond acceptors (Lipinski definition) is 8. The van der Waals surface area contributed by atoms with Gasteiger partial charge in [-0.05, 0) is 32.0 Å². The number of halogens is 1. The van der Waals surface area contributed by atoms with E-state index in [9.17, 15) is 14.0 Å². The molecule has 0 spiro atoms. The standard InChI is InChI=1S/C22H22FN9O2/c1-12-25-7-6-17(27-12)31-8-4-5-14(21(31)34)28-16-9-18(24-3)32-19(29-16)13(11-26-32)20(33)30-22(2)10-15(22)23/h4-9,11,15,24H,10H2,1-3H3,(H,28,29)(H,30,33)/t15-,22-/m0/s1. The van der Waals surface area contributed by atoms with Crippen LogP contribution in [-0.4, -0.2) is 53.8 Å². The summed E-state index contributed by atoms with van der Waals surface area (Å²) in [5, 5.41) is 13.0. The molecule has 11 nitrogen and oxygen atoms in total. The minimum atomic E-state index is -1.07. The number of aromatic nitrogens is 6. The number of alkyl halides is 1. The number of fused-ring (bicyclic) bond motifs is 1. The van der Waals surface area contributed by atoms with Crippen LogP contribution in [0.15, 0.2) is 47.7 Å². The Balaban J connectivity index is 1.52. The third kappa shape index (κ3) is 3.72. The van der Waals surface area contributed by atoms with Crippen LogP contribution in [0.2, 0.25) is 0 Å². The number of nitrogens with zero attached hydrogens (tertiary/aromatic N) is 6. The van der Waals surface area contributed by atoms with E-state index < -0.39 is 17.6 Å². The largest absolute Gasteiger partial charge is 0.373 e. The Morgan fingerprint density at radius 2 is 2.09 bits per heavy atom. The Morgan fingerprint density at radius 3 is 2.79 bits per heavy atom. The average molecular weight is 463 g/mol. The molecule has 1 fully saturated rings. The molecule has 5 rings (SSSR count). The molecule has 3 N–H and O–H groups in total. The fourth-order valence-corrected chi connectivity index (χ4v) is 3.62. The maximum atomic E-state index is 13.6. The van der Waals surface area contributed by atoms with E-state index in [4.69, 9.17) is 0 Å². The van der Waals surface area contributed by atoms with Crippen molar-refractivity contribution in [2.75, 3.05) is 17.7 Å². The molecule has 0 aliphatic heterocycles. The highest BCUT2D eigenvalue weighted by atomic mass is 19.1. The summed E-state index contributed by atoms with van der Waals surface area (Å²) in [4.78, 5) is 38.8. The molecule has 174 valence electrons. The molecule has 0 bridgehead atoms. The number of hydrogen-bond donors (Lipinski definition) is 3. The fourth-order valence-electron chi connectivity index (χ4n) is 3.62. The van der Waals surface area contributed by atoms with Gasteiger partial charge in [-0.2, -0.15) is 9.61 Å². The number of aryl methyl sites for hydroxylation is 1. The van der Waals surface area contributed by atoms with Gasteiger partial charge in [0.15, 0.2) is 5.65 Å². The summed E-state index contributed by atoms with van der Waals surface area (Å²) in [6.45, 7) is 3.39. The van der Waals surface area contributed by atoms with Gasteiger partial charge < -0.3 is 16.0 Å². The lowest BCUT2D eigenvalue weighted by atomic mass is 10.2. The first-order chi connectivity index (χ1) is 16.3. The van der Waals surface area contributed by atoms with Gasteiger partial charge in [-0.15, -0.1) is 0 Å². The molecule has 4 aromatic heterocycles. The smallest absolute Gasteiger partial charge is 0.279 e. The predicted molar refractivity (Wildman–Crippen MR) is 124 cm³/mol. The van der Waals surface area contributed by atoms with E-state index in [-0.39, 0.29) is 28.9 Å². The Hall–Kier alpha value is -4.35. The topological polar surface area (TPSA) is 131 Å². The Bertz CT molecular complexity index is 1480. The van der Waals surface area contributed by atoms with Crippen molar-refractivity contribution in [1.82, 2.24) is 34.4 Å². The average Bonchev–Trinajstić information content (AvgIpc) is 3.18. The van der Waals surface area contributed by atoms with E-state index in [0.717, 1.165) is 0 Å². The zero-order valence-electron chi connectivity index (χ0n) is 18.7. The van der Waals surface area contributed by atoms with Crippen molar-refractivity contribution in [3.63, 3.8) is 0 Å². The molecule has 4 heterocycles. The van der Waals surface area contributed by atoms with Crippen LogP contribution < -0.4 is 21.5 Å². The lowest BCUT2D eigenvalue weighted by Crippen LogP contribution is -2.36. The molecular formula is C22H22FN9O2.